The molecule has 164 valence electrons. The van der Waals surface area contributed by atoms with Crippen LogP contribution in [0.3, 0.4) is 0 Å². The molecule has 0 fully saturated rings. The average molecular weight is 425 g/mol. The van der Waals surface area contributed by atoms with E-state index in [0.717, 1.165) is 12.8 Å². The van der Waals surface area contributed by atoms with Crippen LogP contribution in [0.2, 0.25) is 0 Å². The van der Waals surface area contributed by atoms with Crippen LogP contribution in [-0.4, -0.2) is 55.9 Å². The minimum Gasteiger partial charge on any atom is -0.466 e. The van der Waals surface area contributed by atoms with E-state index in [1.807, 2.05) is 20.8 Å². The van der Waals surface area contributed by atoms with Crippen LogP contribution < -0.4 is 0 Å². The SMILES string of the molecule is CCCCOC(=O)CC(C(=O)OCCCC)C(C(=O)OCCCC)S(=O)(=O)O. The number of ether oxygens (including phenoxy) is 3. The van der Waals surface area contributed by atoms with Crippen LogP contribution >= 0.6 is 0 Å². The van der Waals surface area contributed by atoms with E-state index in [0.29, 0.717) is 25.7 Å². The van der Waals surface area contributed by atoms with Gasteiger partial charge in [-0.05, 0) is 19.3 Å². The number of hydrogen-bond donors (Lipinski definition) is 1. The third-order valence-corrected chi connectivity index (χ3v) is 5.02. The summed E-state index contributed by atoms with van der Waals surface area (Å²) in [5.74, 6) is -4.98. The maximum atomic E-state index is 12.4. The van der Waals surface area contributed by atoms with Gasteiger partial charge in [-0.3, -0.25) is 18.9 Å². The predicted molar refractivity (Wildman–Crippen MR) is 101 cm³/mol. The lowest BCUT2D eigenvalue weighted by Crippen LogP contribution is -2.44. The smallest absolute Gasteiger partial charge is 0.327 e. The van der Waals surface area contributed by atoms with Gasteiger partial charge in [-0.1, -0.05) is 40.0 Å². The first-order valence-corrected chi connectivity index (χ1v) is 11.1. The third kappa shape index (κ3) is 10.6. The lowest BCUT2D eigenvalue weighted by Gasteiger charge is -2.21. The maximum absolute atomic E-state index is 12.4. The Balaban J connectivity index is 5.47. The van der Waals surface area contributed by atoms with Gasteiger partial charge in [0.1, 0.15) is 0 Å². The number of carbonyl (C=O) groups excluding carboxylic acids is 3. The second kappa shape index (κ2) is 14.3. The fraction of sp³-hybridized carbons (Fsp3) is 0.833. The Morgan fingerprint density at radius 2 is 1.21 bits per heavy atom. The monoisotopic (exact) mass is 424 g/mol. The largest absolute Gasteiger partial charge is 0.466 e. The van der Waals surface area contributed by atoms with Crippen molar-refractivity contribution < 1.29 is 41.6 Å². The molecule has 0 spiro atoms. The van der Waals surface area contributed by atoms with Crippen LogP contribution in [0.25, 0.3) is 0 Å². The fourth-order valence-electron chi connectivity index (χ4n) is 2.20. The molecule has 0 aliphatic rings. The molecule has 28 heavy (non-hydrogen) atoms. The predicted octanol–water partition coefficient (Wildman–Crippen LogP) is 2.28. The molecule has 2 unspecified atom stereocenters. The zero-order valence-corrected chi connectivity index (χ0v) is 17.7. The molecule has 0 saturated carbocycles. The summed E-state index contributed by atoms with van der Waals surface area (Å²) in [5, 5.41) is -2.25. The Hall–Kier alpha value is -1.68. The molecule has 0 saturated heterocycles. The lowest BCUT2D eigenvalue weighted by atomic mass is 10.0. The molecule has 0 bridgehead atoms. The summed E-state index contributed by atoms with van der Waals surface area (Å²) in [6.07, 6.45) is 3.06. The quantitative estimate of drug-likeness (QED) is 0.182. The number of rotatable bonds is 15. The standard InChI is InChI=1S/C18H32O9S/c1-4-7-10-25-15(19)13-14(17(20)26-11-8-5-2)16(28(22,23)24)18(21)27-12-9-6-3/h14,16H,4-13H2,1-3H3,(H,22,23,24). The minimum absolute atomic E-state index is 0.000204. The van der Waals surface area contributed by atoms with Crippen LogP contribution in [0.1, 0.15) is 65.7 Å². The molecule has 0 aromatic carbocycles. The lowest BCUT2D eigenvalue weighted by molar-refractivity contribution is -0.159. The maximum Gasteiger partial charge on any atom is 0.327 e. The second-order valence-corrected chi connectivity index (χ2v) is 7.90. The van der Waals surface area contributed by atoms with E-state index in [4.69, 9.17) is 14.2 Å². The highest BCUT2D eigenvalue weighted by atomic mass is 32.2. The molecule has 2 atom stereocenters. The molecule has 0 aromatic rings. The molecule has 9 nitrogen and oxygen atoms in total. The van der Waals surface area contributed by atoms with Crippen LogP contribution in [-0.2, 0) is 38.7 Å². The van der Waals surface area contributed by atoms with E-state index < -0.39 is 45.6 Å². The van der Waals surface area contributed by atoms with Gasteiger partial charge in [-0.2, -0.15) is 8.42 Å². The molecule has 0 rings (SSSR count). The Bertz CT molecular complexity index is 586. The van der Waals surface area contributed by atoms with Gasteiger partial charge in [0.05, 0.1) is 32.2 Å². The Morgan fingerprint density at radius 1 is 0.786 bits per heavy atom. The van der Waals surface area contributed by atoms with Crippen molar-refractivity contribution in [3.8, 4) is 0 Å². The van der Waals surface area contributed by atoms with Crippen LogP contribution in [0.15, 0.2) is 0 Å². The van der Waals surface area contributed by atoms with E-state index in [1.165, 1.54) is 0 Å². The van der Waals surface area contributed by atoms with Gasteiger partial charge in [-0.15, -0.1) is 0 Å². The van der Waals surface area contributed by atoms with Crippen molar-refractivity contribution in [3.05, 3.63) is 0 Å². The van der Waals surface area contributed by atoms with Crippen molar-refractivity contribution >= 4 is 28.0 Å². The van der Waals surface area contributed by atoms with E-state index in [2.05, 4.69) is 0 Å². The van der Waals surface area contributed by atoms with Gasteiger partial charge in [0.25, 0.3) is 10.1 Å². The van der Waals surface area contributed by atoms with Gasteiger partial charge >= 0.3 is 17.9 Å². The number of unbranched alkanes of at least 4 members (excludes halogenated alkanes) is 3. The number of carbonyl (C=O) groups is 3. The summed E-state index contributed by atoms with van der Waals surface area (Å²) < 4.78 is 48.0. The van der Waals surface area contributed by atoms with Crippen molar-refractivity contribution in [3.63, 3.8) is 0 Å². The normalized spacial score (nSPS) is 13.4. The average Bonchev–Trinajstić information content (AvgIpc) is 2.60. The Labute approximate surface area is 166 Å². The van der Waals surface area contributed by atoms with Crippen molar-refractivity contribution in [2.75, 3.05) is 19.8 Å². The van der Waals surface area contributed by atoms with Gasteiger partial charge < -0.3 is 14.2 Å². The summed E-state index contributed by atoms with van der Waals surface area (Å²) in [5.41, 5.74) is 0. The van der Waals surface area contributed by atoms with Gasteiger partial charge in [0.2, 0.25) is 0 Å². The first kappa shape index (κ1) is 26.3. The molecule has 0 aliphatic carbocycles. The third-order valence-electron chi connectivity index (χ3n) is 3.85. The van der Waals surface area contributed by atoms with Crippen molar-refractivity contribution in [2.24, 2.45) is 5.92 Å². The number of esters is 3. The fourth-order valence-corrected chi connectivity index (χ4v) is 3.13. The first-order valence-electron chi connectivity index (χ1n) is 9.64. The van der Waals surface area contributed by atoms with E-state index >= 15 is 0 Å². The van der Waals surface area contributed by atoms with Gasteiger partial charge in [0.15, 0.2) is 5.25 Å². The second-order valence-electron chi connectivity index (χ2n) is 6.36. The molecule has 0 heterocycles. The molecular weight excluding hydrogens is 392 g/mol. The minimum atomic E-state index is -5.03. The summed E-state index contributed by atoms with van der Waals surface area (Å²) in [6.45, 7) is 5.63. The zero-order valence-electron chi connectivity index (χ0n) is 16.8. The number of hydrogen-bond acceptors (Lipinski definition) is 8. The molecule has 0 aliphatic heterocycles. The highest BCUT2D eigenvalue weighted by molar-refractivity contribution is 7.87. The molecule has 0 aromatic heterocycles. The van der Waals surface area contributed by atoms with Crippen molar-refractivity contribution in [2.45, 2.75) is 71.0 Å². The van der Waals surface area contributed by atoms with Crippen LogP contribution in [0.5, 0.6) is 0 Å². The van der Waals surface area contributed by atoms with Crippen LogP contribution in [0, 0.1) is 5.92 Å². The van der Waals surface area contributed by atoms with Crippen molar-refractivity contribution in [1.82, 2.24) is 0 Å². The van der Waals surface area contributed by atoms with Gasteiger partial charge in [0, 0.05) is 0 Å². The Kier molecular flexibility index (Phi) is 13.5. The van der Waals surface area contributed by atoms with E-state index in [1.54, 1.807) is 0 Å². The molecular formula is C18H32O9S. The van der Waals surface area contributed by atoms with E-state index in [-0.39, 0.29) is 19.8 Å². The summed E-state index contributed by atoms with van der Waals surface area (Å²) >= 11 is 0. The zero-order chi connectivity index (χ0) is 21.6. The summed E-state index contributed by atoms with van der Waals surface area (Å²) in [4.78, 5) is 36.7. The van der Waals surface area contributed by atoms with Crippen molar-refractivity contribution in [1.29, 1.82) is 0 Å². The molecule has 0 amide bonds. The topological polar surface area (TPSA) is 133 Å². The first-order chi connectivity index (χ1) is 13.2. The Morgan fingerprint density at radius 3 is 1.64 bits per heavy atom. The molecule has 1 N–H and O–H groups in total. The van der Waals surface area contributed by atoms with Crippen LogP contribution in [0.4, 0.5) is 0 Å². The molecule has 0 radical (unpaired) electrons. The highest BCUT2D eigenvalue weighted by Crippen LogP contribution is 2.21. The van der Waals surface area contributed by atoms with Gasteiger partial charge in [-0.25, -0.2) is 0 Å². The van der Waals surface area contributed by atoms with E-state index in [9.17, 15) is 27.4 Å². The summed E-state index contributed by atoms with van der Waals surface area (Å²) in [6, 6.07) is 0. The highest BCUT2D eigenvalue weighted by Gasteiger charge is 2.46. The summed E-state index contributed by atoms with van der Waals surface area (Å²) in [7, 11) is -5.03. The molecule has 10 heteroatoms.